The maximum Gasteiger partial charge on any atom is 0.395 e. The van der Waals surface area contributed by atoms with Gasteiger partial charge in [0.2, 0.25) is 5.95 Å². The fourth-order valence-corrected chi connectivity index (χ4v) is 3.32. The van der Waals surface area contributed by atoms with Gasteiger partial charge in [-0.25, -0.2) is 9.59 Å². The molecule has 0 aliphatic carbocycles. The van der Waals surface area contributed by atoms with E-state index in [0.717, 1.165) is 24.2 Å². The van der Waals surface area contributed by atoms with E-state index in [1.54, 1.807) is 6.92 Å². The molecule has 0 bridgehead atoms. The van der Waals surface area contributed by atoms with Crippen molar-refractivity contribution in [1.29, 1.82) is 0 Å². The number of hydrogen-bond donors (Lipinski definition) is 3. The zero-order valence-corrected chi connectivity index (χ0v) is 17.2. The van der Waals surface area contributed by atoms with E-state index in [0.29, 0.717) is 43.7 Å². The molecule has 0 radical (unpaired) electrons. The molecule has 164 valence electrons. The molecule has 1 aliphatic rings. The molecule has 1 aliphatic heterocycles. The summed E-state index contributed by atoms with van der Waals surface area (Å²) < 4.78 is 0. The number of aliphatic carboxylic acids is 2. The number of rotatable bonds is 7. The smallest absolute Gasteiger partial charge is 0.395 e. The molecule has 1 aromatic rings. The van der Waals surface area contributed by atoms with Gasteiger partial charge in [-0.3, -0.25) is 14.5 Å². The second kappa shape index (κ2) is 10.5. The van der Waals surface area contributed by atoms with E-state index in [4.69, 9.17) is 5.11 Å². The van der Waals surface area contributed by atoms with Crippen LogP contribution in [0.2, 0.25) is 0 Å². The van der Waals surface area contributed by atoms with Crippen LogP contribution in [0.25, 0.3) is 0 Å². The minimum Gasteiger partial charge on any atom is -0.474 e. The molecule has 30 heavy (non-hydrogen) atoms. The van der Waals surface area contributed by atoms with Crippen molar-refractivity contribution >= 4 is 41.3 Å². The van der Waals surface area contributed by atoms with Gasteiger partial charge >= 0.3 is 23.8 Å². The van der Waals surface area contributed by atoms with Gasteiger partial charge in [0.15, 0.2) is 0 Å². The second-order valence-electron chi connectivity index (χ2n) is 6.99. The van der Waals surface area contributed by atoms with Crippen LogP contribution in [-0.4, -0.2) is 63.6 Å². The van der Waals surface area contributed by atoms with Gasteiger partial charge in [0.05, 0.1) is 0 Å². The molecular weight excluding hydrogens is 394 g/mol. The fraction of sp³-hybridized carbons (Fsp3) is 0.579. The Kier molecular flexibility index (Phi) is 8.07. The van der Waals surface area contributed by atoms with Crippen molar-refractivity contribution < 1.29 is 29.4 Å². The SMILES string of the molecule is CCCc1c(NC(=O)C(=O)O)nc(N(CCC)C(=O)C(=O)O)nc1N1CCCCC1. The minimum absolute atomic E-state index is 0.0193. The van der Waals surface area contributed by atoms with E-state index < -0.39 is 23.8 Å². The van der Waals surface area contributed by atoms with Gasteiger partial charge in [-0.2, -0.15) is 9.97 Å². The summed E-state index contributed by atoms with van der Waals surface area (Å²) in [6.07, 6.45) is 4.56. The van der Waals surface area contributed by atoms with Crippen LogP contribution in [0.15, 0.2) is 0 Å². The zero-order chi connectivity index (χ0) is 22.3. The third kappa shape index (κ3) is 5.43. The highest BCUT2D eigenvalue weighted by atomic mass is 16.4. The van der Waals surface area contributed by atoms with Crippen LogP contribution in [0.3, 0.4) is 0 Å². The van der Waals surface area contributed by atoms with E-state index in [2.05, 4.69) is 15.3 Å². The molecule has 2 rings (SSSR count). The van der Waals surface area contributed by atoms with E-state index >= 15 is 0 Å². The number of carboxylic acid groups (broad SMARTS) is 2. The van der Waals surface area contributed by atoms with Crippen LogP contribution in [-0.2, 0) is 25.6 Å². The Bertz CT molecular complexity index is 822. The highest BCUT2D eigenvalue weighted by molar-refractivity contribution is 6.37. The van der Waals surface area contributed by atoms with E-state index in [1.165, 1.54) is 0 Å². The lowest BCUT2D eigenvalue weighted by molar-refractivity contribution is -0.148. The molecule has 11 heteroatoms. The Morgan fingerprint density at radius 3 is 2.20 bits per heavy atom. The highest BCUT2D eigenvalue weighted by Gasteiger charge is 2.29. The minimum atomic E-state index is -1.68. The first-order valence-corrected chi connectivity index (χ1v) is 10.0. The van der Waals surface area contributed by atoms with Crippen molar-refractivity contribution in [1.82, 2.24) is 9.97 Å². The molecule has 11 nitrogen and oxygen atoms in total. The number of nitrogens with one attached hydrogen (secondary N) is 1. The lowest BCUT2D eigenvalue weighted by atomic mass is 10.1. The normalized spacial score (nSPS) is 13.6. The van der Waals surface area contributed by atoms with Gasteiger partial charge in [0.1, 0.15) is 11.6 Å². The first kappa shape index (κ1) is 23.0. The molecule has 2 heterocycles. The summed E-state index contributed by atoms with van der Waals surface area (Å²) in [4.78, 5) is 58.1. The van der Waals surface area contributed by atoms with Crippen LogP contribution in [0, 0.1) is 0 Å². The Morgan fingerprint density at radius 1 is 1.00 bits per heavy atom. The summed E-state index contributed by atoms with van der Waals surface area (Å²) in [7, 11) is 0. The summed E-state index contributed by atoms with van der Waals surface area (Å²) in [5.41, 5.74) is 0.567. The van der Waals surface area contributed by atoms with E-state index in [1.807, 2.05) is 11.8 Å². The largest absolute Gasteiger partial charge is 0.474 e. The number of piperidine rings is 1. The number of aromatic nitrogens is 2. The molecule has 1 fully saturated rings. The van der Waals surface area contributed by atoms with Crippen molar-refractivity contribution in [3.05, 3.63) is 5.56 Å². The number of amides is 2. The van der Waals surface area contributed by atoms with Gasteiger partial charge in [-0.05, 0) is 32.1 Å². The Balaban J connectivity index is 2.65. The number of carboxylic acids is 2. The topological polar surface area (TPSA) is 153 Å². The van der Waals surface area contributed by atoms with Crippen molar-refractivity contribution in [3.8, 4) is 0 Å². The predicted octanol–water partition coefficient (Wildman–Crippen LogP) is 1.27. The van der Waals surface area contributed by atoms with E-state index in [9.17, 15) is 24.3 Å². The molecule has 2 amide bonds. The summed E-state index contributed by atoms with van der Waals surface area (Å²) >= 11 is 0. The third-order valence-corrected chi connectivity index (χ3v) is 4.67. The lowest BCUT2D eigenvalue weighted by Crippen LogP contribution is -2.39. The molecule has 0 spiro atoms. The summed E-state index contributed by atoms with van der Waals surface area (Å²) in [5, 5.41) is 20.5. The van der Waals surface area contributed by atoms with Crippen molar-refractivity contribution in [2.75, 3.05) is 34.8 Å². The van der Waals surface area contributed by atoms with Gasteiger partial charge < -0.3 is 20.4 Å². The summed E-state index contributed by atoms with van der Waals surface area (Å²) in [6, 6.07) is 0. The average molecular weight is 421 g/mol. The lowest BCUT2D eigenvalue weighted by Gasteiger charge is -2.31. The standard InChI is InChI=1S/C19H27N5O6/c1-3-8-12-13(20-15(25)17(27)28)21-19(24(9-4-2)16(26)18(29)30)22-14(12)23-10-6-5-7-11-23/h3-11H2,1-2H3,(H,27,28)(H,29,30)(H,20,21,22,25). The molecule has 3 N–H and O–H groups in total. The van der Waals surface area contributed by atoms with Crippen molar-refractivity contribution in [2.24, 2.45) is 0 Å². The van der Waals surface area contributed by atoms with Gasteiger partial charge in [-0.15, -0.1) is 0 Å². The quantitative estimate of drug-likeness (QED) is 0.552. The molecular formula is C19H27N5O6. The first-order valence-electron chi connectivity index (χ1n) is 10.0. The monoisotopic (exact) mass is 421 g/mol. The number of carbonyl (C=O) groups is 4. The summed E-state index contributed by atoms with van der Waals surface area (Å²) in [5.74, 6) is -5.50. The van der Waals surface area contributed by atoms with E-state index in [-0.39, 0.29) is 18.3 Å². The molecule has 0 saturated carbocycles. The number of nitrogens with zero attached hydrogens (tertiary/aromatic N) is 4. The van der Waals surface area contributed by atoms with Crippen molar-refractivity contribution in [2.45, 2.75) is 52.4 Å². The average Bonchev–Trinajstić information content (AvgIpc) is 2.73. The number of anilines is 3. The van der Waals surface area contributed by atoms with Gasteiger partial charge in [0.25, 0.3) is 0 Å². The first-order chi connectivity index (χ1) is 14.3. The molecule has 1 aromatic heterocycles. The molecule has 1 saturated heterocycles. The van der Waals surface area contributed by atoms with Crippen LogP contribution in [0.5, 0.6) is 0 Å². The Morgan fingerprint density at radius 2 is 1.67 bits per heavy atom. The summed E-state index contributed by atoms with van der Waals surface area (Å²) in [6.45, 7) is 5.17. The Hall–Kier alpha value is -3.24. The van der Waals surface area contributed by atoms with Gasteiger partial charge in [0, 0.05) is 25.2 Å². The number of carbonyl (C=O) groups excluding carboxylic acids is 2. The maximum absolute atomic E-state index is 12.2. The van der Waals surface area contributed by atoms with Crippen LogP contribution >= 0.6 is 0 Å². The second-order valence-corrected chi connectivity index (χ2v) is 6.99. The zero-order valence-electron chi connectivity index (χ0n) is 17.2. The van der Waals surface area contributed by atoms with Crippen LogP contribution in [0.1, 0.15) is 51.5 Å². The van der Waals surface area contributed by atoms with Crippen molar-refractivity contribution in [3.63, 3.8) is 0 Å². The number of hydrogen-bond acceptors (Lipinski definition) is 7. The third-order valence-electron chi connectivity index (χ3n) is 4.67. The molecule has 0 unspecified atom stereocenters. The fourth-order valence-electron chi connectivity index (χ4n) is 3.32. The van der Waals surface area contributed by atoms with Crippen LogP contribution < -0.4 is 15.1 Å². The van der Waals surface area contributed by atoms with Gasteiger partial charge in [-0.1, -0.05) is 20.3 Å². The highest BCUT2D eigenvalue weighted by Crippen LogP contribution is 2.31. The predicted molar refractivity (Wildman–Crippen MR) is 109 cm³/mol. The molecule has 0 aromatic carbocycles. The maximum atomic E-state index is 12.2. The Labute approximate surface area is 174 Å². The van der Waals surface area contributed by atoms with Crippen LogP contribution in [0.4, 0.5) is 17.6 Å². The molecule has 0 atom stereocenters.